The van der Waals surface area contributed by atoms with Crippen LogP contribution >= 0.6 is 21.6 Å². The van der Waals surface area contributed by atoms with E-state index in [1.54, 1.807) is 21.6 Å². The van der Waals surface area contributed by atoms with Crippen LogP contribution in [-0.4, -0.2) is 54.3 Å². The summed E-state index contributed by atoms with van der Waals surface area (Å²) in [5.74, 6) is 0.226. The quantitative estimate of drug-likeness (QED) is 0.317. The molecule has 0 aliphatic heterocycles. The molecule has 170 valence electrons. The third kappa shape index (κ3) is 6.93. The van der Waals surface area contributed by atoms with Gasteiger partial charge in [0.05, 0.1) is 6.42 Å². The van der Waals surface area contributed by atoms with E-state index in [1.165, 1.54) is 22.3 Å². The van der Waals surface area contributed by atoms with Crippen LogP contribution in [0.3, 0.4) is 0 Å². The van der Waals surface area contributed by atoms with Gasteiger partial charge in [-0.2, -0.15) is 0 Å². The van der Waals surface area contributed by atoms with E-state index >= 15 is 0 Å². The molecule has 0 heterocycles. The number of hydrogen-bond acceptors (Lipinski definition) is 6. The Bertz CT molecular complexity index is 908. The van der Waals surface area contributed by atoms with E-state index in [1.807, 2.05) is 24.3 Å². The van der Waals surface area contributed by atoms with E-state index in [4.69, 9.17) is 9.84 Å². The van der Waals surface area contributed by atoms with Crippen molar-refractivity contribution in [3.8, 4) is 11.1 Å². The topological polar surface area (TPSA) is 105 Å². The molecule has 0 aromatic heterocycles. The van der Waals surface area contributed by atoms with Crippen LogP contribution in [0.5, 0.6) is 0 Å². The maximum absolute atomic E-state index is 12.1. The average molecular weight is 475 g/mol. The number of alkyl carbamates (subject to hydrolysis) is 1. The molecule has 3 rings (SSSR count). The number of fused-ring (bicyclic) bond motifs is 3. The van der Waals surface area contributed by atoms with Gasteiger partial charge in [0.1, 0.15) is 6.61 Å². The molecule has 2 aromatic carbocycles. The second-order valence-electron chi connectivity index (χ2n) is 7.14. The Morgan fingerprint density at radius 2 is 1.41 bits per heavy atom. The summed E-state index contributed by atoms with van der Waals surface area (Å²) >= 11 is 0. The van der Waals surface area contributed by atoms with Gasteiger partial charge >= 0.3 is 12.1 Å². The lowest BCUT2D eigenvalue weighted by Gasteiger charge is -2.14. The van der Waals surface area contributed by atoms with Gasteiger partial charge in [-0.1, -0.05) is 70.1 Å². The number of nitrogens with one attached hydrogen (secondary N) is 2. The van der Waals surface area contributed by atoms with E-state index in [-0.39, 0.29) is 24.7 Å². The average Bonchev–Trinajstić information content (AvgIpc) is 3.12. The van der Waals surface area contributed by atoms with Crippen molar-refractivity contribution >= 4 is 39.6 Å². The van der Waals surface area contributed by atoms with E-state index in [9.17, 15) is 14.4 Å². The van der Waals surface area contributed by atoms with Gasteiger partial charge in [-0.3, -0.25) is 9.59 Å². The number of carbonyl (C=O) groups excluding carboxylic acids is 2. The summed E-state index contributed by atoms with van der Waals surface area (Å²) in [6, 6.07) is 16.4. The molecule has 3 N–H and O–H groups in total. The highest BCUT2D eigenvalue weighted by molar-refractivity contribution is 8.76. The fourth-order valence-electron chi connectivity index (χ4n) is 3.50. The summed E-state index contributed by atoms with van der Waals surface area (Å²) < 4.78 is 5.50. The van der Waals surface area contributed by atoms with E-state index < -0.39 is 12.1 Å². The van der Waals surface area contributed by atoms with Crippen molar-refractivity contribution in [3.05, 3.63) is 59.7 Å². The summed E-state index contributed by atoms with van der Waals surface area (Å²) in [6.07, 6.45) is -0.588. The molecule has 2 amide bonds. The first kappa shape index (κ1) is 24.0. The molecular formula is C23H26N2O5S2. The van der Waals surface area contributed by atoms with Crippen LogP contribution in [0.25, 0.3) is 11.1 Å². The predicted octanol–water partition coefficient (Wildman–Crippen LogP) is 3.89. The van der Waals surface area contributed by atoms with Gasteiger partial charge in [-0.05, 0) is 22.3 Å². The first-order valence-corrected chi connectivity index (χ1v) is 12.9. The number of carboxylic acid groups (broad SMARTS) is 1. The van der Waals surface area contributed by atoms with Gasteiger partial charge in [-0.15, -0.1) is 0 Å². The number of carbonyl (C=O) groups is 3. The minimum absolute atomic E-state index is 0.00278. The Labute approximate surface area is 195 Å². The van der Waals surface area contributed by atoms with Gasteiger partial charge in [0.15, 0.2) is 0 Å². The number of ether oxygens (including phenoxy) is 1. The summed E-state index contributed by atoms with van der Waals surface area (Å²) in [6.45, 7) is 1.26. The van der Waals surface area contributed by atoms with Crippen LogP contribution in [-0.2, 0) is 14.3 Å². The van der Waals surface area contributed by atoms with Gasteiger partial charge in [0.25, 0.3) is 0 Å². The van der Waals surface area contributed by atoms with Crippen molar-refractivity contribution in [3.63, 3.8) is 0 Å². The third-order valence-electron chi connectivity index (χ3n) is 4.96. The minimum atomic E-state index is -0.978. The van der Waals surface area contributed by atoms with Gasteiger partial charge in [-0.25, -0.2) is 4.79 Å². The fourth-order valence-corrected chi connectivity index (χ4v) is 5.32. The number of carboxylic acids is 1. The Hall–Kier alpha value is -2.65. The first-order chi connectivity index (χ1) is 15.6. The predicted molar refractivity (Wildman–Crippen MR) is 128 cm³/mol. The molecule has 2 aromatic rings. The van der Waals surface area contributed by atoms with Crippen LogP contribution in [0.4, 0.5) is 4.79 Å². The second kappa shape index (κ2) is 12.4. The van der Waals surface area contributed by atoms with E-state index in [0.29, 0.717) is 31.2 Å². The Morgan fingerprint density at radius 3 is 2.00 bits per heavy atom. The highest BCUT2D eigenvalue weighted by Gasteiger charge is 2.28. The number of benzene rings is 2. The molecule has 9 heteroatoms. The lowest BCUT2D eigenvalue weighted by atomic mass is 9.98. The molecule has 0 unspecified atom stereocenters. The number of rotatable bonds is 12. The molecular weight excluding hydrogens is 448 g/mol. The molecule has 0 bridgehead atoms. The first-order valence-electron chi connectivity index (χ1n) is 10.4. The van der Waals surface area contributed by atoms with Crippen LogP contribution in [0.1, 0.15) is 29.9 Å². The van der Waals surface area contributed by atoms with E-state index in [2.05, 4.69) is 34.9 Å². The fraction of sp³-hybridized carbons (Fsp3) is 0.348. The van der Waals surface area contributed by atoms with Crippen molar-refractivity contribution in [2.45, 2.75) is 18.8 Å². The zero-order chi connectivity index (χ0) is 22.8. The summed E-state index contributed by atoms with van der Waals surface area (Å²) in [4.78, 5) is 33.9. The molecule has 1 aliphatic rings. The van der Waals surface area contributed by atoms with Crippen molar-refractivity contribution in [2.75, 3.05) is 31.2 Å². The molecule has 7 nitrogen and oxygen atoms in total. The Kier molecular flexibility index (Phi) is 9.30. The normalized spacial score (nSPS) is 12.0. The zero-order valence-electron chi connectivity index (χ0n) is 17.5. The monoisotopic (exact) mass is 474 g/mol. The molecule has 0 radical (unpaired) electrons. The van der Waals surface area contributed by atoms with Gasteiger partial charge < -0.3 is 20.5 Å². The largest absolute Gasteiger partial charge is 0.481 e. The summed E-state index contributed by atoms with van der Waals surface area (Å²) in [5, 5.41) is 14.0. The van der Waals surface area contributed by atoms with Crippen molar-refractivity contribution in [1.29, 1.82) is 0 Å². The number of aliphatic carboxylic acids is 1. The van der Waals surface area contributed by atoms with Crippen LogP contribution in [0.15, 0.2) is 48.5 Å². The van der Waals surface area contributed by atoms with Crippen LogP contribution < -0.4 is 10.6 Å². The third-order valence-corrected chi connectivity index (χ3v) is 7.36. The lowest BCUT2D eigenvalue weighted by Crippen LogP contribution is -2.28. The molecule has 1 aliphatic carbocycles. The van der Waals surface area contributed by atoms with Crippen molar-refractivity contribution in [2.24, 2.45) is 0 Å². The van der Waals surface area contributed by atoms with Gasteiger partial charge in [0, 0.05) is 36.9 Å². The Balaban J connectivity index is 1.28. The SMILES string of the molecule is O=C(O)CCC(=O)NCCSSCCNC(=O)OCC1c2ccccc2-c2ccccc21. The molecule has 0 atom stereocenters. The maximum Gasteiger partial charge on any atom is 0.407 e. The molecule has 0 saturated carbocycles. The summed E-state index contributed by atoms with van der Waals surface area (Å²) in [7, 11) is 3.17. The van der Waals surface area contributed by atoms with Crippen LogP contribution in [0.2, 0.25) is 0 Å². The van der Waals surface area contributed by atoms with E-state index in [0.717, 1.165) is 0 Å². The minimum Gasteiger partial charge on any atom is -0.481 e. The van der Waals surface area contributed by atoms with Crippen molar-refractivity contribution in [1.82, 2.24) is 10.6 Å². The number of hydrogen-bond donors (Lipinski definition) is 3. The lowest BCUT2D eigenvalue weighted by molar-refractivity contribution is -0.138. The van der Waals surface area contributed by atoms with Crippen LogP contribution in [0, 0.1) is 0 Å². The molecule has 0 fully saturated rings. The smallest absolute Gasteiger partial charge is 0.407 e. The molecule has 0 spiro atoms. The Morgan fingerprint density at radius 1 is 0.844 bits per heavy atom. The summed E-state index contributed by atoms with van der Waals surface area (Å²) in [5.41, 5.74) is 4.76. The molecule has 0 saturated heterocycles. The zero-order valence-corrected chi connectivity index (χ0v) is 19.2. The number of amides is 2. The highest BCUT2D eigenvalue weighted by atomic mass is 33.1. The van der Waals surface area contributed by atoms with Crippen molar-refractivity contribution < 1.29 is 24.2 Å². The maximum atomic E-state index is 12.1. The van der Waals surface area contributed by atoms with Gasteiger partial charge in [0.2, 0.25) is 5.91 Å². The second-order valence-corrected chi connectivity index (χ2v) is 9.84. The highest BCUT2D eigenvalue weighted by Crippen LogP contribution is 2.44. The standard InChI is InChI=1S/C23H26N2O5S2/c26-21(9-10-22(27)28)24-11-13-31-32-14-12-25-23(29)30-15-20-18-7-3-1-5-16(18)17-6-2-4-8-19(17)20/h1-8,20H,9-15H2,(H,24,26)(H,25,29)(H,27,28). The molecule has 32 heavy (non-hydrogen) atoms.